The van der Waals surface area contributed by atoms with Crippen LogP contribution in [0.1, 0.15) is 12.6 Å². The highest BCUT2D eigenvalue weighted by molar-refractivity contribution is 9.11. The Hall–Kier alpha value is -0.950. The van der Waals surface area contributed by atoms with Crippen molar-refractivity contribution in [1.29, 1.82) is 0 Å². The number of oxime groups is 1. The first-order chi connectivity index (χ1) is 7.19. The number of esters is 1. The maximum absolute atomic E-state index is 11.5. The third kappa shape index (κ3) is 3.28. The molecule has 0 spiro atoms. The van der Waals surface area contributed by atoms with E-state index < -0.39 is 5.97 Å². The van der Waals surface area contributed by atoms with E-state index in [2.05, 4.69) is 30.9 Å². The van der Waals surface area contributed by atoms with Crippen LogP contribution in [0.4, 0.5) is 0 Å². The number of aromatic nitrogens is 1. The Morgan fingerprint density at radius 1 is 1.73 bits per heavy atom. The van der Waals surface area contributed by atoms with Crippen molar-refractivity contribution in [3.8, 4) is 0 Å². The molecule has 0 saturated carbocycles. The molecule has 15 heavy (non-hydrogen) atoms. The molecule has 0 atom stereocenters. The average Bonchev–Trinajstić information content (AvgIpc) is 2.61. The SMILES string of the molecule is CCOC(=O)C(=NOC)c1csc(Br)n1. The topological polar surface area (TPSA) is 60.8 Å². The molecule has 0 aliphatic heterocycles. The monoisotopic (exact) mass is 292 g/mol. The average molecular weight is 293 g/mol. The Labute approximate surface area is 99.2 Å². The van der Waals surface area contributed by atoms with Crippen LogP contribution in [-0.4, -0.2) is 30.4 Å². The number of halogens is 1. The van der Waals surface area contributed by atoms with Crippen LogP contribution in [0.2, 0.25) is 0 Å². The number of nitrogens with zero attached hydrogens (tertiary/aromatic N) is 2. The number of carbonyl (C=O) groups excluding carboxylic acids is 1. The Bertz CT molecular complexity index is 378. The summed E-state index contributed by atoms with van der Waals surface area (Å²) in [6, 6.07) is 0. The molecule has 1 rings (SSSR count). The third-order valence-electron chi connectivity index (χ3n) is 1.37. The summed E-state index contributed by atoms with van der Waals surface area (Å²) in [6.07, 6.45) is 0. The van der Waals surface area contributed by atoms with E-state index in [-0.39, 0.29) is 12.3 Å². The van der Waals surface area contributed by atoms with Gasteiger partial charge in [0.15, 0.2) is 3.92 Å². The van der Waals surface area contributed by atoms with E-state index in [1.165, 1.54) is 18.4 Å². The van der Waals surface area contributed by atoms with Gasteiger partial charge in [-0.15, -0.1) is 11.3 Å². The molecule has 0 saturated heterocycles. The second kappa shape index (κ2) is 5.82. The predicted octanol–water partition coefficient (Wildman–Crippen LogP) is 1.82. The molecule has 1 aromatic rings. The number of ether oxygens (including phenoxy) is 1. The lowest BCUT2D eigenvalue weighted by molar-refractivity contribution is -0.135. The summed E-state index contributed by atoms with van der Waals surface area (Å²) in [5.41, 5.74) is 0.508. The van der Waals surface area contributed by atoms with Gasteiger partial charge in [-0.05, 0) is 22.9 Å². The lowest BCUT2D eigenvalue weighted by Crippen LogP contribution is -2.19. The van der Waals surface area contributed by atoms with Crippen LogP contribution < -0.4 is 0 Å². The van der Waals surface area contributed by atoms with Crippen LogP contribution in [0, 0.1) is 0 Å². The molecule has 0 aromatic carbocycles. The van der Waals surface area contributed by atoms with Crippen molar-refractivity contribution in [2.75, 3.05) is 13.7 Å². The summed E-state index contributed by atoms with van der Waals surface area (Å²) in [7, 11) is 1.36. The van der Waals surface area contributed by atoms with E-state index in [0.29, 0.717) is 9.61 Å². The molecule has 0 unspecified atom stereocenters. The first-order valence-corrected chi connectivity index (χ1v) is 5.76. The number of hydrogen-bond acceptors (Lipinski definition) is 6. The van der Waals surface area contributed by atoms with Crippen molar-refractivity contribution in [3.63, 3.8) is 0 Å². The van der Waals surface area contributed by atoms with Gasteiger partial charge in [0.2, 0.25) is 5.71 Å². The summed E-state index contributed by atoms with van der Waals surface area (Å²) in [4.78, 5) is 20.1. The van der Waals surface area contributed by atoms with Gasteiger partial charge >= 0.3 is 5.97 Å². The van der Waals surface area contributed by atoms with Gasteiger partial charge in [0.05, 0.1) is 6.61 Å². The molecule has 0 radical (unpaired) electrons. The maximum atomic E-state index is 11.5. The second-order valence-corrected chi connectivity index (χ2v) is 4.46. The molecule has 0 N–H and O–H groups in total. The van der Waals surface area contributed by atoms with E-state index in [0.717, 1.165) is 0 Å². The van der Waals surface area contributed by atoms with Crippen molar-refractivity contribution in [2.45, 2.75) is 6.92 Å². The molecular weight excluding hydrogens is 284 g/mol. The van der Waals surface area contributed by atoms with E-state index in [9.17, 15) is 4.79 Å². The fraction of sp³-hybridized carbons (Fsp3) is 0.375. The minimum atomic E-state index is -0.544. The highest BCUT2D eigenvalue weighted by atomic mass is 79.9. The highest BCUT2D eigenvalue weighted by Gasteiger charge is 2.19. The predicted molar refractivity (Wildman–Crippen MR) is 60.0 cm³/mol. The van der Waals surface area contributed by atoms with E-state index in [1.54, 1.807) is 12.3 Å². The molecular formula is C8H9BrN2O3S. The minimum absolute atomic E-state index is 0.0706. The standard InChI is InChI=1S/C8H9BrN2O3S/c1-3-14-7(12)6(11-13-2)5-4-15-8(9)10-5/h4H,3H2,1-2H3. The van der Waals surface area contributed by atoms with E-state index >= 15 is 0 Å². The summed E-state index contributed by atoms with van der Waals surface area (Å²) >= 11 is 4.55. The van der Waals surface area contributed by atoms with Crippen LogP contribution in [0.15, 0.2) is 14.5 Å². The quantitative estimate of drug-likeness (QED) is 0.482. The molecule has 0 aliphatic rings. The van der Waals surface area contributed by atoms with Gasteiger partial charge in [-0.3, -0.25) is 0 Å². The van der Waals surface area contributed by atoms with Gasteiger partial charge in [-0.1, -0.05) is 5.16 Å². The molecule has 0 amide bonds. The summed E-state index contributed by atoms with van der Waals surface area (Å²) < 4.78 is 5.49. The zero-order valence-corrected chi connectivity index (χ0v) is 10.6. The zero-order chi connectivity index (χ0) is 11.3. The molecule has 5 nitrogen and oxygen atoms in total. The second-order valence-electron chi connectivity index (χ2n) is 2.33. The van der Waals surface area contributed by atoms with Crippen molar-refractivity contribution in [3.05, 3.63) is 15.0 Å². The molecule has 7 heteroatoms. The zero-order valence-electron chi connectivity index (χ0n) is 8.19. The summed E-state index contributed by atoms with van der Waals surface area (Å²) in [6.45, 7) is 2.01. The molecule has 0 fully saturated rings. The van der Waals surface area contributed by atoms with E-state index in [4.69, 9.17) is 4.74 Å². The van der Waals surface area contributed by atoms with Crippen LogP contribution in [-0.2, 0) is 14.4 Å². The third-order valence-corrected chi connectivity index (χ3v) is 2.74. The van der Waals surface area contributed by atoms with Gasteiger partial charge in [0.25, 0.3) is 0 Å². The number of thiazole rings is 1. The first-order valence-electron chi connectivity index (χ1n) is 4.08. The minimum Gasteiger partial charge on any atom is -0.461 e. The largest absolute Gasteiger partial charge is 0.461 e. The molecule has 0 aliphatic carbocycles. The summed E-state index contributed by atoms with van der Waals surface area (Å²) in [5.74, 6) is -0.544. The maximum Gasteiger partial charge on any atom is 0.362 e. The number of carbonyl (C=O) groups is 1. The fourth-order valence-corrected chi connectivity index (χ4v) is 1.84. The Morgan fingerprint density at radius 2 is 2.47 bits per heavy atom. The lowest BCUT2D eigenvalue weighted by Gasteiger charge is -2.01. The lowest BCUT2D eigenvalue weighted by atomic mass is 10.3. The Morgan fingerprint density at radius 3 is 2.93 bits per heavy atom. The molecule has 1 heterocycles. The van der Waals surface area contributed by atoms with Crippen LogP contribution in [0.3, 0.4) is 0 Å². The van der Waals surface area contributed by atoms with Crippen molar-refractivity contribution in [2.24, 2.45) is 5.16 Å². The Kier molecular flexibility index (Phi) is 4.70. The smallest absolute Gasteiger partial charge is 0.362 e. The molecule has 0 bridgehead atoms. The Balaban J connectivity index is 2.93. The highest BCUT2D eigenvalue weighted by Crippen LogP contribution is 2.17. The van der Waals surface area contributed by atoms with Crippen LogP contribution in [0.5, 0.6) is 0 Å². The van der Waals surface area contributed by atoms with Crippen LogP contribution >= 0.6 is 27.3 Å². The number of hydrogen-bond donors (Lipinski definition) is 0. The van der Waals surface area contributed by atoms with Crippen molar-refractivity contribution in [1.82, 2.24) is 4.98 Å². The van der Waals surface area contributed by atoms with Crippen molar-refractivity contribution < 1.29 is 14.4 Å². The normalized spacial score (nSPS) is 11.3. The first kappa shape index (κ1) is 12.1. The summed E-state index contributed by atoms with van der Waals surface area (Å²) in [5, 5.41) is 5.29. The van der Waals surface area contributed by atoms with Gasteiger partial charge in [0, 0.05) is 5.38 Å². The van der Waals surface area contributed by atoms with Crippen molar-refractivity contribution >= 4 is 38.9 Å². The van der Waals surface area contributed by atoms with Gasteiger partial charge in [-0.2, -0.15) is 0 Å². The molecule has 1 aromatic heterocycles. The van der Waals surface area contributed by atoms with Crippen LogP contribution in [0.25, 0.3) is 0 Å². The van der Waals surface area contributed by atoms with Gasteiger partial charge in [-0.25, -0.2) is 9.78 Å². The number of rotatable bonds is 4. The van der Waals surface area contributed by atoms with E-state index in [1.807, 2.05) is 0 Å². The molecule has 82 valence electrons. The van der Waals surface area contributed by atoms with Gasteiger partial charge < -0.3 is 9.57 Å². The fourth-order valence-electron chi connectivity index (χ4n) is 0.840. The van der Waals surface area contributed by atoms with Gasteiger partial charge in [0.1, 0.15) is 12.8 Å².